The fraction of sp³-hybridized carbons (Fsp3) is 0.600. The second-order valence-corrected chi connectivity index (χ2v) is 8.18. The van der Waals surface area contributed by atoms with Crippen LogP contribution in [0.4, 0.5) is 0 Å². The molecule has 1 aromatic carbocycles. The van der Waals surface area contributed by atoms with E-state index >= 15 is 0 Å². The number of nitrogens with one attached hydrogen (secondary N) is 1. The average Bonchev–Trinajstić information content (AvgIpc) is 2.74. The number of hydrogen-bond donors (Lipinski definition) is 1. The minimum atomic E-state index is -3.55. The van der Waals surface area contributed by atoms with Crippen LogP contribution in [-0.4, -0.2) is 45.0 Å². The standard InChI is InChI=1S/C15H21ClN2O3S.ClH/c1-10-7-14(21-2)13(16)8-15(10)22(19,20)18-11-3-4-12(18)9-17-6-5-11;/h7-8,11-12,17H,3-6,9H2,1-2H3;1H. The summed E-state index contributed by atoms with van der Waals surface area (Å²) in [7, 11) is -2.02. The van der Waals surface area contributed by atoms with Crippen LogP contribution < -0.4 is 10.1 Å². The lowest BCUT2D eigenvalue weighted by atomic mass is 10.1. The van der Waals surface area contributed by atoms with E-state index in [4.69, 9.17) is 16.3 Å². The maximum atomic E-state index is 13.2. The van der Waals surface area contributed by atoms with E-state index in [1.165, 1.54) is 13.2 Å². The van der Waals surface area contributed by atoms with Crippen LogP contribution in [0.5, 0.6) is 5.75 Å². The number of nitrogens with zero attached hydrogens (tertiary/aromatic N) is 1. The van der Waals surface area contributed by atoms with Crippen LogP contribution in [0.25, 0.3) is 0 Å². The number of fused-ring (bicyclic) bond motifs is 2. The van der Waals surface area contributed by atoms with Gasteiger partial charge in [0.1, 0.15) is 5.75 Å². The Balaban J connectivity index is 0.00000192. The summed E-state index contributed by atoms with van der Waals surface area (Å²) < 4.78 is 33.2. The first-order valence-corrected chi connectivity index (χ1v) is 9.35. The van der Waals surface area contributed by atoms with Crippen molar-refractivity contribution >= 4 is 34.0 Å². The molecule has 2 fully saturated rings. The van der Waals surface area contributed by atoms with Crippen molar-refractivity contribution in [3.63, 3.8) is 0 Å². The van der Waals surface area contributed by atoms with Gasteiger partial charge in [-0.2, -0.15) is 4.31 Å². The van der Waals surface area contributed by atoms with E-state index in [1.54, 1.807) is 17.3 Å². The third-order valence-electron chi connectivity index (χ3n) is 4.59. The molecular formula is C15H22Cl2N2O3S. The van der Waals surface area contributed by atoms with E-state index < -0.39 is 10.0 Å². The molecule has 0 aliphatic carbocycles. The van der Waals surface area contributed by atoms with Crippen molar-refractivity contribution in [3.05, 3.63) is 22.7 Å². The van der Waals surface area contributed by atoms with E-state index in [2.05, 4.69) is 5.32 Å². The molecule has 2 atom stereocenters. The number of aryl methyl sites for hydroxylation is 1. The zero-order valence-electron chi connectivity index (χ0n) is 13.2. The Morgan fingerprint density at radius 3 is 2.65 bits per heavy atom. The monoisotopic (exact) mass is 380 g/mol. The molecule has 1 N–H and O–H groups in total. The number of halogens is 2. The summed E-state index contributed by atoms with van der Waals surface area (Å²) in [5.41, 5.74) is 0.665. The van der Waals surface area contributed by atoms with Gasteiger partial charge in [-0.3, -0.25) is 0 Å². The first kappa shape index (κ1) is 18.8. The number of sulfonamides is 1. The smallest absolute Gasteiger partial charge is 0.243 e. The van der Waals surface area contributed by atoms with Gasteiger partial charge in [0.25, 0.3) is 0 Å². The zero-order valence-corrected chi connectivity index (χ0v) is 15.6. The molecule has 2 aliphatic heterocycles. The molecule has 2 saturated heterocycles. The normalized spacial score (nSPS) is 24.8. The molecule has 0 saturated carbocycles. The lowest BCUT2D eigenvalue weighted by Crippen LogP contribution is -2.42. The maximum Gasteiger partial charge on any atom is 0.243 e. The Morgan fingerprint density at radius 1 is 1.26 bits per heavy atom. The van der Waals surface area contributed by atoms with Crippen LogP contribution in [0.1, 0.15) is 24.8 Å². The van der Waals surface area contributed by atoms with E-state index in [-0.39, 0.29) is 29.4 Å². The second kappa shape index (κ2) is 7.15. The Bertz CT molecular complexity index is 668. The highest BCUT2D eigenvalue weighted by Crippen LogP contribution is 2.37. The van der Waals surface area contributed by atoms with Crippen LogP contribution in [0.15, 0.2) is 17.0 Å². The third kappa shape index (κ3) is 3.33. The Morgan fingerprint density at radius 2 is 1.96 bits per heavy atom. The minimum Gasteiger partial charge on any atom is -0.495 e. The summed E-state index contributed by atoms with van der Waals surface area (Å²) >= 11 is 6.15. The quantitative estimate of drug-likeness (QED) is 0.875. The molecule has 2 unspecified atom stereocenters. The largest absolute Gasteiger partial charge is 0.495 e. The zero-order chi connectivity index (χ0) is 15.9. The van der Waals surface area contributed by atoms with Gasteiger partial charge in [0, 0.05) is 18.6 Å². The number of methoxy groups -OCH3 is 1. The van der Waals surface area contributed by atoms with Crippen LogP contribution >= 0.6 is 24.0 Å². The van der Waals surface area contributed by atoms with Gasteiger partial charge in [0.2, 0.25) is 10.0 Å². The Hall–Kier alpha value is -0.530. The molecule has 2 heterocycles. The molecule has 5 nitrogen and oxygen atoms in total. The van der Waals surface area contributed by atoms with Crippen molar-refractivity contribution in [1.29, 1.82) is 0 Å². The van der Waals surface area contributed by atoms with Crippen molar-refractivity contribution in [2.75, 3.05) is 20.2 Å². The van der Waals surface area contributed by atoms with Crippen molar-refractivity contribution in [2.45, 2.75) is 43.2 Å². The molecule has 0 radical (unpaired) electrons. The lowest BCUT2D eigenvalue weighted by Gasteiger charge is -2.27. The highest BCUT2D eigenvalue weighted by molar-refractivity contribution is 7.89. The first-order chi connectivity index (χ1) is 10.4. The summed E-state index contributed by atoms with van der Waals surface area (Å²) in [4.78, 5) is 0.289. The van der Waals surface area contributed by atoms with Crippen LogP contribution in [0.3, 0.4) is 0 Å². The van der Waals surface area contributed by atoms with Crippen molar-refractivity contribution < 1.29 is 13.2 Å². The van der Waals surface area contributed by atoms with E-state index in [1.807, 2.05) is 0 Å². The fourth-order valence-electron chi connectivity index (χ4n) is 3.52. The maximum absolute atomic E-state index is 13.2. The van der Waals surface area contributed by atoms with Gasteiger partial charge in [-0.1, -0.05) is 11.6 Å². The highest BCUT2D eigenvalue weighted by Gasteiger charge is 2.43. The number of benzene rings is 1. The molecule has 23 heavy (non-hydrogen) atoms. The van der Waals surface area contributed by atoms with Gasteiger partial charge in [-0.15, -0.1) is 12.4 Å². The summed E-state index contributed by atoms with van der Waals surface area (Å²) in [6, 6.07) is 3.33. The SMILES string of the molecule is COc1cc(C)c(S(=O)(=O)N2C3CCNCC2CC3)cc1Cl.Cl. The average molecular weight is 381 g/mol. The van der Waals surface area contributed by atoms with Crippen LogP contribution in [0.2, 0.25) is 5.02 Å². The van der Waals surface area contributed by atoms with E-state index in [0.717, 1.165) is 32.4 Å². The van der Waals surface area contributed by atoms with Gasteiger partial charge < -0.3 is 10.1 Å². The van der Waals surface area contributed by atoms with Crippen molar-refractivity contribution in [1.82, 2.24) is 9.62 Å². The van der Waals surface area contributed by atoms with Gasteiger partial charge >= 0.3 is 0 Å². The van der Waals surface area contributed by atoms with Crippen molar-refractivity contribution in [3.8, 4) is 5.75 Å². The third-order valence-corrected chi connectivity index (χ3v) is 7.03. The minimum absolute atomic E-state index is 0. The van der Waals surface area contributed by atoms with Crippen LogP contribution in [0, 0.1) is 6.92 Å². The first-order valence-electron chi connectivity index (χ1n) is 7.53. The number of hydrogen-bond acceptors (Lipinski definition) is 4. The molecule has 1 aromatic rings. The topological polar surface area (TPSA) is 58.6 Å². The predicted molar refractivity (Wildman–Crippen MR) is 93.3 cm³/mol. The van der Waals surface area contributed by atoms with Crippen molar-refractivity contribution in [2.24, 2.45) is 0 Å². The highest BCUT2D eigenvalue weighted by atomic mass is 35.5. The summed E-state index contributed by atoms with van der Waals surface area (Å²) in [6.07, 6.45) is 2.72. The molecule has 0 aromatic heterocycles. The molecule has 0 spiro atoms. The molecule has 130 valence electrons. The van der Waals surface area contributed by atoms with Gasteiger partial charge in [0.05, 0.1) is 17.0 Å². The summed E-state index contributed by atoms with van der Waals surface area (Å²) in [6.45, 7) is 3.37. The summed E-state index contributed by atoms with van der Waals surface area (Å²) in [5.74, 6) is 0.499. The molecular weight excluding hydrogens is 359 g/mol. The number of rotatable bonds is 3. The molecule has 0 amide bonds. The predicted octanol–water partition coefficient (Wildman–Crippen LogP) is 2.59. The second-order valence-electron chi connectivity index (χ2n) is 5.97. The van der Waals surface area contributed by atoms with Gasteiger partial charge in [-0.05, 0) is 50.4 Å². The molecule has 8 heteroatoms. The van der Waals surface area contributed by atoms with Gasteiger partial charge in [0.15, 0.2) is 0 Å². The molecule has 2 aliphatic rings. The fourth-order valence-corrected chi connectivity index (χ4v) is 5.96. The van der Waals surface area contributed by atoms with Gasteiger partial charge in [-0.25, -0.2) is 8.42 Å². The lowest BCUT2D eigenvalue weighted by molar-refractivity contribution is 0.334. The Kier molecular flexibility index (Phi) is 5.85. The van der Waals surface area contributed by atoms with Crippen LogP contribution in [-0.2, 0) is 10.0 Å². The van der Waals surface area contributed by atoms with E-state index in [0.29, 0.717) is 16.3 Å². The molecule has 2 bridgehead atoms. The number of ether oxygens (including phenoxy) is 1. The Labute approximate surface area is 148 Å². The van der Waals surface area contributed by atoms with E-state index in [9.17, 15) is 8.42 Å². The summed E-state index contributed by atoms with van der Waals surface area (Å²) in [5, 5.41) is 3.65. The molecule has 3 rings (SSSR count).